The molecule has 0 saturated heterocycles. The van der Waals surface area contributed by atoms with E-state index < -0.39 is 5.97 Å². The van der Waals surface area contributed by atoms with Gasteiger partial charge in [0.25, 0.3) is 0 Å². The van der Waals surface area contributed by atoms with Crippen molar-refractivity contribution in [3.05, 3.63) is 46.9 Å². The maximum absolute atomic E-state index is 11.2. The number of aryl methyl sites for hydroxylation is 1. The van der Waals surface area contributed by atoms with E-state index in [0.29, 0.717) is 17.2 Å². The number of carboxylic acid groups (broad SMARTS) is 1. The molecule has 0 radical (unpaired) electrons. The topological polar surface area (TPSA) is 72.3 Å². The van der Waals surface area contributed by atoms with Crippen LogP contribution < -0.4 is 4.74 Å². The van der Waals surface area contributed by atoms with E-state index in [1.165, 1.54) is 6.33 Å². The summed E-state index contributed by atoms with van der Waals surface area (Å²) in [6, 6.07) is 5.01. The minimum atomic E-state index is -0.956. The predicted molar refractivity (Wildman–Crippen MR) is 76.9 cm³/mol. The van der Waals surface area contributed by atoms with Gasteiger partial charge in [0, 0.05) is 11.1 Å². The summed E-state index contributed by atoms with van der Waals surface area (Å²) in [5.41, 5.74) is 2.94. The third-order valence-electron chi connectivity index (χ3n) is 3.81. The quantitative estimate of drug-likeness (QED) is 0.937. The molecule has 21 heavy (non-hydrogen) atoms. The molecule has 0 fully saturated rings. The highest BCUT2D eigenvalue weighted by molar-refractivity contribution is 5.90. The van der Waals surface area contributed by atoms with Crippen LogP contribution >= 0.6 is 0 Å². The number of nitrogens with zero attached hydrogens (tertiary/aromatic N) is 2. The number of aromatic nitrogens is 2. The van der Waals surface area contributed by atoms with Gasteiger partial charge in [-0.25, -0.2) is 14.8 Å². The number of benzene rings is 1. The molecule has 0 bridgehead atoms. The van der Waals surface area contributed by atoms with Crippen LogP contribution in [0.2, 0.25) is 0 Å². The normalized spacial score (nSPS) is 13.6. The third-order valence-corrected chi connectivity index (χ3v) is 3.81. The van der Waals surface area contributed by atoms with Crippen molar-refractivity contribution in [2.75, 3.05) is 0 Å². The minimum absolute atomic E-state index is 0.246. The van der Waals surface area contributed by atoms with Gasteiger partial charge in [-0.2, -0.15) is 0 Å². The Morgan fingerprint density at radius 1 is 1.24 bits per heavy atom. The van der Waals surface area contributed by atoms with Crippen LogP contribution in [0.1, 0.15) is 40.0 Å². The highest BCUT2D eigenvalue weighted by Crippen LogP contribution is 2.31. The molecule has 1 N–H and O–H groups in total. The Balaban J connectivity index is 1.98. The largest absolute Gasteiger partial charge is 0.478 e. The molecular formula is C16H16N2O3. The smallest absolute Gasteiger partial charge is 0.336 e. The Morgan fingerprint density at radius 3 is 2.86 bits per heavy atom. The SMILES string of the molecule is Cc1c(Oc2ncnc3c2CCCC3)cccc1C(=O)O. The maximum Gasteiger partial charge on any atom is 0.336 e. The van der Waals surface area contributed by atoms with Crippen LogP contribution in [0.15, 0.2) is 24.5 Å². The van der Waals surface area contributed by atoms with Crippen LogP contribution in [-0.4, -0.2) is 21.0 Å². The molecule has 0 saturated carbocycles. The van der Waals surface area contributed by atoms with Gasteiger partial charge in [0.15, 0.2) is 0 Å². The first-order chi connectivity index (χ1) is 10.2. The zero-order valence-corrected chi connectivity index (χ0v) is 11.8. The number of hydrogen-bond donors (Lipinski definition) is 1. The first kappa shape index (κ1) is 13.5. The number of carboxylic acids is 1. The molecule has 0 unspecified atom stereocenters. The molecule has 0 aliphatic heterocycles. The van der Waals surface area contributed by atoms with Crippen LogP contribution in [0.5, 0.6) is 11.6 Å². The van der Waals surface area contributed by atoms with E-state index in [9.17, 15) is 4.79 Å². The van der Waals surface area contributed by atoms with Gasteiger partial charge in [-0.1, -0.05) is 6.07 Å². The average molecular weight is 284 g/mol. The van der Waals surface area contributed by atoms with Crippen molar-refractivity contribution in [1.82, 2.24) is 9.97 Å². The van der Waals surface area contributed by atoms with E-state index in [4.69, 9.17) is 9.84 Å². The Labute approximate surface area is 122 Å². The van der Waals surface area contributed by atoms with Crippen molar-refractivity contribution < 1.29 is 14.6 Å². The van der Waals surface area contributed by atoms with Gasteiger partial charge in [-0.05, 0) is 44.7 Å². The van der Waals surface area contributed by atoms with Crippen LogP contribution in [0, 0.1) is 6.92 Å². The number of fused-ring (bicyclic) bond motifs is 1. The minimum Gasteiger partial charge on any atom is -0.478 e. The van der Waals surface area contributed by atoms with Crippen LogP contribution in [-0.2, 0) is 12.8 Å². The first-order valence-corrected chi connectivity index (χ1v) is 7.00. The highest BCUT2D eigenvalue weighted by atomic mass is 16.5. The average Bonchev–Trinajstić information content (AvgIpc) is 2.49. The van der Waals surface area contributed by atoms with Crippen molar-refractivity contribution in [2.45, 2.75) is 32.6 Å². The second kappa shape index (κ2) is 5.52. The molecule has 1 aliphatic carbocycles. The zero-order chi connectivity index (χ0) is 14.8. The summed E-state index contributed by atoms with van der Waals surface area (Å²) < 4.78 is 5.88. The Hall–Kier alpha value is -2.43. The molecular weight excluding hydrogens is 268 g/mol. The van der Waals surface area contributed by atoms with Crippen LogP contribution in [0.25, 0.3) is 0 Å². The fourth-order valence-electron chi connectivity index (χ4n) is 2.64. The standard InChI is InChI=1S/C16H16N2O3/c1-10-11(16(19)20)6-4-8-14(10)21-15-12-5-2-3-7-13(12)17-9-18-15/h4,6,8-9H,2-3,5,7H2,1H3,(H,19,20). The third kappa shape index (κ3) is 2.59. The molecule has 1 aliphatic rings. The van der Waals surface area contributed by atoms with Crippen molar-refractivity contribution in [2.24, 2.45) is 0 Å². The number of rotatable bonds is 3. The lowest BCUT2D eigenvalue weighted by molar-refractivity contribution is 0.0695. The fourth-order valence-corrected chi connectivity index (χ4v) is 2.64. The second-order valence-electron chi connectivity index (χ2n) is 5.15. The van der Waals surface area contributed by atoms with E-state index in [-0.39, 0.29) is 5.56 Å². The molecule has 1 heterocycles. The van der Waals surface area contributed by atoms with Gasteiger partial charge in [0.05, 0.1) is 11.3 Å². The Bertz CT molecular complexity index is 698. The second-order valence-corrected chi connectivity index (χ2v) is 5.15. The van der Waals surface area contributed by atoms with Gasteiger partial charge in [0.2, 0.25) is 5.88 Å². The highest BCUT2D eigenvalue weighted by Gasteiger charge is 2.18. The predicted octanol–water partition coefficient (Wildman–Crippen LogP) is 3.15. The number of aromatic carboxylic acids is 1. The summed E-state index contributed by atoms with van der Waals surface area (Å²) in [5, 5.41) is 9.17. The lowest BCUT2D eigenvalue weighted by Gasteiger charge is -2.18. The van der Waals surface area contributed by atoms with Crippen molar-refractivity contribution in [3.63, 3.8) is 0 Å². The lowest BCUT2D eigenvalue weighted by atomic mass is 9.97. The van der Waals surface area contributed by atoms with Crippen LogP contribution in [0.4, 0.5) is 0 Å². The van der Waals surface area contributed by atoms with E-state index >= 15 is 0 Å². The molecule has 108 valence electrons. The summed E-state index contributed by atoms with van der Waals surface area (Å²) in [4.78, 5) is 19.7. The maximum atomic E-state index is 11.2. The van der Waals surface area contributed by atoms with E-state index in [1.807, 2.05) is 0 Å². The zero-order valence-electron chi connectivity index (χ0n) is 11.8. The van der Waals surface area contributed by atoms with E-state index in [2.05, 4.69) is 9.97 Å². The first-order valence-electron chi connectivity index (χ1n) is 7.00. The van der Waals surface area contributed by atoms with Crippen molar-refractivity contribution in [1.29, 1.82) is 0 Å². The summed E-state index contributed by atoms with van der Waals surface area (Å²) in [6.07, 6.45) is 5.60. The molecule has 0 amide bonds. The van der Waals surface area contributed by atoms with E-state index in [1.54, 1.807) is 25.1 Å². The van der Waals surface area contributed by atoms with Gasteiger partial charge in [-0.3, -0.25) is 0 Å². The Kier molecular flexibility index (Phi) is 3.56. The van der Waals surface area contributed by atoms with Gasteiger partial charge in [-0.15, -0.1) is 0 Å². The molecule has 5 nitrogen and oxygen atoms in total. The fraction of sp³-hybridized carbons (Fsp3) is 0.312. The van der Waals surface area contributed by atoms with Crippen molar-refractivity contribution in [3.8, 4) is 11.6 Å². The molecule has 1 aromatic carbocycles. The van der Waals surface area contributed by atoms with Gasteiger partial charge in [0.1, 0.15) is 12.1 Å². The molecule has 0 atom stereocenters. The van der Waals surface area contributed by atoms with Crippen molar-refractivity contribution >= 4 is 5.97 Å². The van der Waals surface area contributed by atoms with E-state index in [0.717, 1.165) is 36.9 Å². The summed E-state index contributed by atoms with van der Waals surface area (Å²) in [5.74, 6) is 0.120. The molecule has 1 aromatic heterocycles. The lowest BCUT2D eigenvalue weighted by Crippen LogP contribution is -2.09. The molecule has 2 aromatic rings. The summed E-state index contributed by atoms with van der Waals surface area (Å²) in [6.45, 7) is 1.74. The summed E-state index contributed by atoms with van der Waals surface area (Å²) >= 11 is 0. The summed E-state index contributed by atoms with van der Waals surface area (Å²) in [7, 11) is 0. The van der Waals surface area contributed by atoms with Crippen LogP contribution in [0.3, 0.4) is 0 Å². The molecule has 0 spiro atoms. The number of ether oxygens (including phenoxy) is 1. The molecule has 5 heteroatoms. The Morgan fingerprint density at radius 2 is 2.05 bits per heavy atom. The monoisotopic (exact) mass is 284 g/mol. The van der Waals surface area contributed by atoms with Gasteiger partial charge >= 0.3 is 5.97 Å². The number of carbonyl (C=O) groups is 1. The van der Waals surface area contributed by atoms with Gasteiger partial charge < -0.3 is 9.84 Å². The number of hydrogen-bond acceptors (Lipinski definition) is 4. The molecule has 3 rings (SSSR count).